The van der Waals surface area contributed by atoms with Crippen LogP contribution in [0.4, 0.5) is 0 Å². The zero-order valence-corrected chi connectivity index (χ0v) is 13.2. The smallest absolute Gasteiger partial charge is 0.136 e. The molecule has 3 rings (SSSR count). The van der Waals surface area contributed by atoms with E-state index in [1.807, 2.05) is 29.7 Å². The molecule has 0 amide bonds. The van der Waals surface area contributed by atoms with Crippen LogP contribution in [-0.2, 0) is 6.61 Å². The van der Waals surface area contributed by atoms with E-state index in [0.717, 1.165) is 26.4 Å². The van der Waals surface area contributed by atoms with Gasteiger partial charge in [0.1, 0.15) is 17.9 Å². The highest BCUT2D eigenvalue weighted by atomic mass is 79.9. The van der Waals surface area contributed by atoms with Crippen LogP contribution in [0.5, 0.6) is 0 Å². The quantitative estimate of drug-likeness (QED) is 0.759. The van der Waals surface area contributed by atoms with E-state index in [1.54, 1.807) is 6.20 Å². The second kappa shape index (κ2) is 5.71. The molecule has 5 nitrogen and oxygen atoms in total. The predicted octanol–water partition coefficient (Wildman–Crippen LogP) is 2.78. The summed E-state index contributed by atoms with van der Waals surface area (Å²) in [4.78, 5) is 8.89. The van der Waals surface area contributed by atoms with Gasteiger partial charge >= 0.3 is 0 Å². The van der Waals surface area contributed by atoms with Crippen LogP contribution < -0.4 is 0 Å². The highest BCUT2D eigenvalue weighted by molar-refractivity contribution is 9.10. The minimum Gasteiger partial charge on any atom is -0.396 e. The summed E-state index contributed by atoms with van der Waals surface area (Å²) in [5, 5.41) is 19.8. The van der Waals surface area contributed by atoms with Crippen LogP contribution in [0.3, 0.4) is 0 Å². The molecule has 2 N–H and O–H groups in total. The Balaban J connectivity index is 2.36. The second-order valence-electron chi connectivity index (χ2n) is 5.07. The van der Waals surface area contributed by atoms with Crippen LogP contribution >= 0.6 is 15.9 Å². The normalized spacial score (nSPS) is 13.1. The molecular formula is C15H16BrN3O2. The molecule has 3 aromatic rings. The number of hydrogen-bond donors (Lipinski definition) is 2. The number of benzene rings is 1. The third kappa shape index (κ3) is 2.43. The maximum atomic E-state index is 9.58. The first-order chi connectivity index (χ1) is 10.2. The summed E-state index contributed by atoms with van der Waals surface area (Å²) < 4.78 is 2.97. The highest BCUT2D eigenvalue weighted by Gasteiger charge is 2.17. The molecule has 0 saturated heterocycles. The summed E-state index contributed by atoms with van der Waals surface area (Å²) in [6.07, 6.45) is 2.34. The first-order valence-electron chi connectivity index (χ1n) is 6.82. The van der Waals surface area contributed by atoms with Crippen molar-refractivity contribution in [3.63, 3.8) is 0 Å². The van der Waals surface area contributed by atoms with E-state index in [0.29, 0.717) is 12.2 Å². The number of aliphatic hydroxyl groups is 2. The minimum atomic E-state index is -0.136. The van der Waals surface area contributed by atoms with Crippen LogP contribution in [0, 0.1) is 0 Å². The van der Waals surface area contributed by atoms with Gasteiger partial charge in [0.25, 0.3) is 0 Å². The van der Waals surface area contributed by atoms with Crippen molar-refractivity contribution in [3.8, 4) is 0 Å². The number of fused-ring (bicyclic) bond motifs is 3. The van der Waals surface area contributed by atoms with Gasteiger partial charge in [-0.15, -0.1) is 0 Å². The van der Waals surface area contributed by atoms with Gasteiger partial charge in [0, 0.05) is 22.5 Å². The van der Waals surface area contributed by atoms with Crippen LogP contribution in [-0.4, -0.2) is 31.4 Å². The SMILES string of the molecule is CC(CCO)n1c(CO)nc2cnc3cc(Br)ccc3c21. The van der Waals surface area contributed by atoms with Crippen molar-refractivity contribution in [2.75, 3.05) is 6.61 Å². The van der Waals surface area contributed by atoms with Gasteiger partial charge in [-0.25, -0.2) is 4.98 Å². The van der Waals surface area contributed by atoms with E-state index in [1.165, 1.54) is 0 Å². The van der Waals surface area contributed by atoms with Crippen LogP contribution in [0.15, 0.2) is 28.9 Å². The van der Waals surface area contributed by atoms with E-state index in [2.05, 4.69) is 25.9 Å². The monoisotopic (exact) mass is 349 g/mol. The van der Waals surface area contributed by atoms with Gasteiger partial charge in [0.15, 0.2) is 0 Å². The second-order valence-corrected chi connectivity index (χ2v) is 5.99. The van der Waals surface area contributed by atoms with Gasteiger partial charge in [0.2, 0.25) is 0 Å². The van der Waals surface area contributed by atoms with E-state index in [-0.39, 0.29) is 19.3 Å². The summed E-state index contributed by atoms with van der Waals surface area (Å²) in [6, 6.07) is 5.98. The van der Waals surface area contributed by atoms with Gasteiger partial charge in [-0.2, -0.15) is 0 Å². The lowest BCUT2D eigenvalue weighted by Crippen LogP contribution is -2.11. The topological polar surface area (TPSA) is 71.2 Å². The summed E-state index contributed by atoms with van der Waals surface area (Å²) in [5.41, 5.74) is 2.59. The molecule has 21 heavy (non-hydrogen) atoms. The summed E-state index contributed by atoms with van der Waals surface area (Å²) in [6.45, 7) is 1.98. The number of aromatic nitrogens is 3. The molecule has 0 saturated carbocycles. The predicted molar refractivity (Wildman–Crippen MR) is 85.1 cm³/mol. The molecule has 0 bridgehead atoms. The lowest BCUT2D eigenvalue weighted by Gasteiger charge is -2.16. The molecule has 2 aromatic heterocycles. The van der Waals surface area contributed by atoms with Crippen molar-refractivity contribution >= 4 is 37.9 Å². The largest absolute Gasteiger partial charge is 0.396 e. The Morgan fingerprint density at radius 1 is 1.29 bits per heavy atom. The molecular weight excluding hydrogens is 334 g/mol. The fraction of sp³-hybridized carbons (Fsp3) is 0.333. The molecule has 110 valence electrons. The van der Waals surface area contributed by atoms with Gasteiger partial charge in [0.05, 0.1) is 17.2 Å². The van der Waals surface area contributed by atoms with Crippen molar-refractivity contribution in [1.29, 1.82) is 0 Å². The van der Waals surface area contributed by atoms with Gasteiger partial charge < -0.3 is 14.8 Å². The Hall–Kier alpha value is -1.50. The Morgan fingerprint density at radius 3 is 2.81 bits per heavy atom. The molecule has 1 unspecified atom stereocenters. The molecule has 0 aliphatic rings. The highest BCUT2D eigenvalue weighted by Crippen LogP contribution is 2.30. The third-order valence-electron chi connectivity index (χ3n) is 3.68. The van der Waals surface area contributed by atoms with E-state index in [4.69, 9.17) is 0 Å². The standard InChI is InChI=1S/C15H16BrN3O2/c1-9(4-5-20)19-14(8-21)18-13-7-17-12-6-10(16)2-3-11(12)15(13)19/h2-3,6-7,9,20-21H,4-5,8H2,1H3. The number of nitrogens with zero attached hydrogens (tertiary/aromatic N) is 3. The number of pyridine rings is 1. The number of halogens is 1. The Bertz CT molecular complexity index is 800. The molecule has 0 aliphatic heterocycles. The van der Waals surface area contributed by atoms with Crippen molar-refractivity contribution in [1.82, 2.24) is 14.5 Å². The van der Waals surface area contributed by atoms with Crippen molar-refractivity contribution in [3.05, 3.63) is 34.7 Å². The molecule has 1 atom stereocenters. The summed E-state index contributed by atoms with van der Waals surface area (Å²) >= 11 is 3.45. The van der Waals surface area contributed by atoms with Crippen LogP contribution in [0.2, 0.25) is 0 Å². The fourth-order valence-corrected chi connectivity index (χ4v) is 3.05. The van der Waals surface area contributed by atoms with Gasteiger partial charge in [-0.1, -0.05) is 15.9 Å². The summed E-state index contributed by atoms with van der Waals surface area (Å²) in [5.74, 6) is 0.600. The molecule has 0 aliphatic carbocycles. The molecule has 1 aromatic carbocycles. The van der Waals surface area contributed by atoms with E-state index >= 15 is 0 Å². The van der Waals surface area contributed by atoms with Crippen molar-refractivity contribution in [2.45, 2.75) is 26.0 Å². The third-order valence-corrected chi connectivity index (χ3v) is 4.17. The number of rotatable bonds is 4. The Morgan fingerprint density at radius 2 is 2.10 bits per heavy atom. The van der Waals surface area contributed by atoms with Crippen LogP contribution in [0.25, 0.3) is 21.9 Å². The molecule has 0 fully saturated rings. The average Bonchev–Trinajstić information content (AvgIpc) is 2.86. The lowest BCUT2D eigenvalue weighted by atomic mass is 10.1. The Kier molecular flexibility index (Phi) is 3.93. The summed E-state index contributed by atoms with van der Waals surface area (Å²) in [7, 11) is 0. The lowest BCUT2D eigenvalue weighted by molar-refractivity contribution is 0.243. The van der Waals surface area contributed by atoms with Gasteiger partial charge in [-0.05, 0) is 31.5 Å². The zero-order chi connectivity index (χ0) is 15.0. The first-order valence-corrected chi connectivity index (χ1v) is 7.61. The minimum absolute atomic E-state index is 0.0522. The molecule has 0 radical (unpaired) electrons. The number of aliphatic hydroxyl groups excluding tert-OH is 2. The molecule has 0 spiro atoms. The molecule has 6 heteroatoms. The fourth-order valence-electron chi connectivity index (χ4n) is 2.70. The van der Waals surface area contributed by atoms with Crippen molar-refractivity contribution in [2.24, 2.45) is 0 Å². The number of hydrogen-bond acceptors (Lipinski definition) is 4. The zero-order valence-electron chi connectivity index (χ0n) is 11.6. The maximum absolute atomic E-state index is 9.58. The first kappa shape index (κ1) is 14.4. The van der Waals surface area contributed by atoms with Crippen molar-refractivity contribution < 1.29 is 10.2 Å². The van der Waals surface area contributed by atoms with Crippen LogP contribution in [0.1, 0.15) is 25.2 Å². The average molecular weight is 350 g/mol. The van der Waals surface area contributed by atoms with E-state index in [9.17, 15) is 10.2 Å². The maximum Gasteiger partial charge on any atom is 0.136 e. The molecule has 2 heterocycles. The van der Waals surface area contributed by atoms with E-state index < -0.39 is 0 Å². The van der Waals surface area contributed by atoms with Gasteiger partial charge in [-0.3, -0.25) is 4.98 Å². The Labute approximate surface area is 130 Å². The number of imidazole rings is 1.